The second-order valence-corrected chi connectivity index (χ2v) is 5.51. The molecule has 1 fully saturated rings. The van der Waals surface area contributed by atoms with Crippen LogP contribution >= 0.6 is 12.4 Å². The van der Waals surface area contributed by atoms with Crippen LogP contribution in [0.3, 0.4) is 0 Å². The molecular weight excluding hydrogens is 290 g/mol. The van der Waals surface area contributed by atoms with Crippen molar-refractivity contribution in [3.05, 3.63) is 29.8 Å². The third-order valence-electron chi connectivity index (χ3n) is 4.28. The molecule has 1 aromatic carbocycles. The van der Waals surface area contributed by atoms with Gasteiger partial charge >= 0.3 is 5.97 Å². The molecule has 21 heavy (non-hydrogen) atoms. The van der Waals surface area contributed by atoms with E-state index in [-0.39, 0.29) is 18.4 Å². The lowest BCUT2D eigenvalue weighted by molar-refractivity contribution is -0.143. The number of carbonyl (C=O) groups is 1. The average Bonchev–Trinajstić information content (AvgIpc) is 2.81. The number of carboxylic acid groups (broad SMARTS) is 1. The molecule has 5 heteroatoms. The lowest BCUT2D eigenvalue weighted by atomic mass is 9.97. The number of carboxylic acids is 1. The summed E-state index contributed by atoms with van der Waals surface area (Å²) >= 11 is 0. The fourth-order valence-electron chi connectivity index (χ4n) is 3.16. The van der Waals surface area contributed by atoms with Gasteiger partial charge < -0.3 is 9.84 Å². The monoisotopic (exact) mass is 313 g/mol. The molecule has 1 aromatic rings. The highest BCUT2D eigenvalue weighted by atomic mass is 35.5. The predicted molar refractivity (Wildman–Crippen MR) is 85.5 cm³/mol. The fraction of sp³-hybridized carbons (Fsp3) is 0.562. The van der Waals surface area contributed by atoms with Crippen molar-refractivity contribution < 1.29 is 14.6 Å². The molecule has 1 saturated heterocycles. The van der Waals surface area contributed by atoms with Gasteiger partial charge in [-0.25, -0.2) is 0 Å². The maximum absolute atomic E-state index is 11.3. The van der Waals surface area contributed by atoms with Crippen molar-refractivity contribution in [3.63, 3.8) is 0 Å². The van der Waals surface area contributed by atoms with Crippen LogP contribution in [0, 0.1) is 0 Å². The van der Waals surface area contributed by atoms with Gasteiger partial charge in [0.1, 0.15) is 11.8 Å². The van der Waals surface area contributed by atoms with E-state index in [9.17, 15) is 9.90 Å². The van der Waals surface area contributed by atoms with Crippen molar-refractivity contribution >= 4 is 18.4 Å². The van der Waals surface area contributed by atoms with Crippen molar-refractivity contribution in [2.75, 3.05) is 13.7 Å². The summed E-state index contributed by atoms with van der Waals surface area (Å²) in [6, 6.07) is 8.05. The van der Waals surface area contributed by atoms with Gasteiger partial charge in [0.15, 0.2) is 0 Å². The van der Waals surface area contributed by atoms with Crippen LogP contribution in [-0.4, -0.2) is 41.7 Å². The Labute approximate surface area is 132 Å². The zero-order chi connectivity index (χ0) is 14.7. The van der Waals surface area contributed by atoms with Gasteiger partial charge in [-0.15, -0.1) is 12.4 Å². The topological polar surface area (TPSA) is 49.8 Å². The summed E-state index contributed by atoms with van der Waals surface area (Å²) in [5.74, 6) is 0.549. The molecule has 3 atom stereocenters. The molecule has 0 aliphatic carbocycles. The Kier molecular flexibility index (Phi) is 6.49. The molecule has 3 unspecified atom stereocenters. The first-order valence-electron chi connectivity index (χ1n) is 7.19. The van der Waals surface area contributed by atoms with E-state index in [0.29, 0.717) is 18.4 Å². The van der Waals surface area contributed by atoms with E-state index < -0.39 is 5.97 Å². The van der Waals surface area contributed by atoms with Crippen LogP contribution in [0.15, 0.2) is 24.3 Å². The van der Waals surface area contributed by atoms with Crippen molar-refractivity contribution in [1.29, 1.82) is 0 Å². The van der Waals surface area contributed by atoms with Gasteiger partial charge in [-0.05, 0) is 43.4 Å². The molecule has 0 radical (unpaired) electrons. The standard InChI is InChI=1S/C16H23NO3.ClH/c1-4-15(16(18)19)17-10-13(9-11(17)2)12-5-7-14(20-3)8-6-12;/h5-8,11,13,15H,4,9-10H2,1-3H3,(H,18,19);1H. The molecule has 0 aromatic heterocycles. The predicted octanol–water partition coefficient (Wildman–Crippen LogP) is 3.16. The maximum atomic E-state index is 11.3. The minimum absolute atomic E-state index is 0. The number of halogens is 1. The molecule has 0 amide bonds. The first-order valence-corrected chi connectivity index (χ1v) is 7.19. The third kappa shape index (κ3) is 3.89. The second-order valence-electron chi connectivity index (χ2n) is 5.51. The van der Waals surface area contributed by atoms with Gasteiger partial charge in [0.25, 0.3) is 0 Å². The molecule has 1 heterocycles. The summed E-state index contributed by atoms with van der Waals surface area (Å²) in [4.78, 5) is 13.5. The van der Waals surface area contributed by atoms with E-state index >= 15 is 0 Å². The number of likely N-dealkylation sites (tertiary alicyclic amines) is 1. The van der Waals surface area contributed by atoms with Crippen molar-refractivity contribution in [1.82, 2.24) is 4.90 Å². The highest BCUT2D eigenvalue weighted by Crippen LogP contribution is 2.34. The molecule has 1 N–H and O–H groups in total. The van der Waals surface area contributed by atoms with Crippen LogP contribution in [0.4, 0.5) is 0 Å². The number of hydrogen-bond donors (Lipinski definition) is 1. The molecular formula is C16H24ClNO3. The quantitative estimate of drug-likeness (QED) is 0.907. The Morgan fingerprint density at radius 1 is 1.43 bits per heavy atom. The van der Waals surface area contributed by atoms with Gasteiger partial charge in [0.2, 0.25) is 0 Å². The summed E-state index contributed by atoms with van der Waals surface area (Å²) in [7, 11) is 1.66. The minimum Gasteiger partial charge on any atom is -0.497 e. The van der Waals surface area contributed by atoms with Gasteiger partial charge in [-0.3, -0.25) is 9.69 Å². The average molecular weight is 314 g/mol. The Balaban J connectivity index is 0.00000220. The number of methoxy groups -OCH3 is 1. The smallest absolute Gasteiger partial charge is 0.320 e. The van der Waals surface area contributed by atoms with E-state index in [1.54, 1.807) is 7.11 Å². The first kappa shape index (κ1) is 17.8. The SMILES string of the molecule is CCC(C(=O)O)N1CC(c2ccc(OC)cc2)CC1C.Cl. The summed E-state index contributed by atoms with van der Waals surface area (Å²) in [6.07, 6.45) is 1.66. The summed E-state index contributed by atoms with van der Waals surface area (Å²) in [5, 5.41) is 9.32. The third-order valence-corrected chi connectivity index (χ3v) is 4.28. The van der Waals surface area contributed by atoms with Crippen LogP contribution < -0.4 is 4.74 Å². The van der Waals surface area contributed by atoms with Crippen LogP contribution in [0.5, 0.6) is 5.75 Å². The Morgan fingerprint density at radius 3 is 2.52 bits per heavy atom. The number of ether oxygens (including phenoxy) is 1. The first-order chi connectivity index (χ1) is 9.56. The highest BCUT2D eigenvalue weighted by molar-refractivity contribution is 5.85. The second kappa shape index (κ2) is 7.66. The molecule has 1 aliphatic rings. The van der Waals surface area contributed by atoms with E-state index in [1.807, 2.05) is 19.1 Å². The Morgan fingerprint density at radius 2 is 2.05 bits per heavy atom. The highest BCUT2D eigenvalue weighted by Gasteiger charge is 2.36. The van der Waals surface area contributed by atoms with Gasteiger partial charge in [0.05, 0.1) is 7.11 Å². The van der Waals surface area contributed by atoms with Crippen LogP contribution in [-0.2, 0) is 4.79 Å². The molecule has 0 saturated carbocycles. The van der Waals surface area contributed by atoms with Gasteiger partial charge in [-0.2, -0.15) is 0 Å². The van der Waals surface area contributed by atoms with E-state index in [4.69, 9.17) is 4.74 Å². The Hall–Kier alpha value is -1.26. The molecule has 1 aliphatic heterocycles. The summed E-state index contributed by atoms with van der Waals surface area (Å²) in [6.45, 7) is 4.87. The zero-order valence-corrected chi connectivity index (χ0v) is 13.6. The van der Waals surface area contributed by atoms with E-state index in [1.165, 1.54) is 5.56 Å². The zero-order valence-electron chi connectivity index (χ0n) is 12.8. The number of rotatable bonds is 5. The number of nitrogens with zero attached hydrogens (tertiary/aromatic N) is 1. The largest absolute Gasteiger partial charge is 0.497 e. The minimum atomic E-state index is -0.713. The lowest BCUT2D eigenvalue weighted by Crippen LogP contribution is -2.42. The van der Waals surface area contributed by atoms with Crippen LogP contribution in [0.1, 0.15) is 38.2 Å². The lowest BCUT2D eigenvalue weighted by Gasteiger charge is -2.27. The fourth-order valence-corrected chi connectivity index (χ4v) is 3.16. The number of benzene rings is 1. The number of hydrogen-bond acceptors (Lipinski definition) is 3. The number of aliphatic carboxylic acids is 1. The van der Waals surface area contributed by atoms with E-state index in [0.717, 1.165) is 18.7 Å². The molecule has 0 spiro atoms. The van der Waals surface area contributed by atoms with E-state index in [2.05, 4.69) is 24.0 Å². The van der Waals surface area contributed by atoms with Crippen molar-refractivity contribution in [3.8, 4) is 5.75 Å². The van der Waals surface area contributed by atoms with Crippen LogP contribution in [0.25, 0.3) is 0 Å². The normalized spacial score (nSPS) is 23.4. The Bertz CT molecular complexity index is 463. The summed E-state index contributed by atoms with van der Waals surface area (Å²) in [5.41, 5.74) is 1.26. The molecule has 2 rings (SSSR count). The van der Waals surface area contributed by atoms with Crippen LogP contribution in [0.2, 0.25) is 0 Å². The van der Waals surface area contributed by atoms with Gasteiger partial charge in [0, 0.05) is 12.6 Å². The molecule has 0 bridgehead atoms. The molecule has 118 valence electrons. The summed E-state index contributed by atoms with van der Waals surface area (Å²) < 4.78 is 5.17. The molecule has 4 nitrogen and oxygen atoms in total. The van der Waals surface area contributed by atoms with Crippen molar-refractivity contribution in [2.24, 2.45) is 0 Å². The maximum Gasteiger partial charge on any atom is 0.320 e. The van der Waals surface area contributed by atoms with Crippen molar-refractivity contribution in [2.45, 2.75) is 44.7 Å². The van der Waals surface area contributed by atoms with Gasteiger partial charge in [-0.1, -0.05) is 19.1 Å².